The third-order valence-electron chi connectivity index (χ3n) is 4.52. The molecule has 4 aromatic rings. The van der Waals surface area contributed by atoms with Crippen molar-refractivity contribution in [2.75, 3.05) is 12.8 Å². The molecule has 5 N–H and O–H groups in total. The number of fused-ring (bicyclic) bond motifs is 1. The molecule has 0 fully saturated rings. The van der Waals surface area contributed by atoms with Crippen LogP contribution in [-0.4, -0.2) is 22.3 Å². The standard InChI is InChI=1S/C21H20N4O2/c1-27-17-7-9-19-14(11-17)10-16(23-19)12-18-20(24-25-21(18)26)8-4-13-2-5-15(22)6-3-13/h2-3,5-12,23-24H,4,22H2,1H3,(H,25,26). The molecule has 2 aromatic heterocycles. The third-order valence-corrected chi connectivity index (χ3v) is 4.52. The van der Waals surface area contributed by atoms with Gasteiger partial charge in [-0.05, 0) is 54.5 Å². The highest BCUT2D eigenvalue weighted by Crippen LogP contribution is 2.21. The first kappa shape index (κ1) is 16.8. The molecule has 27 heavy (non-hydrogen) atoms. The Kier molecular flexibility index (Phi) is 4.30. The highest BCUT2D eigenvalue weighted by Gasteiger charge is 2.02. The summed E-state index contributed by atoms with van der Waals surface area (Å²) in [5.41, 5.74) is 9.26. The fourth-order valence-electron chi connectivity index (χ4n) is 3.05. The Bertz CT molecular complexity index is 1260. The molecule has 0 aliphatic heterocycles. The second-order valence-electron chi connectivity index (χ2n) is 6.38. The summed E-state index contributed by atoms with van der Waals surface area (Å²) in [4.78, 5) is 15.5. The first-order chi connectivity index (χ1) is 13.1. The topological polar surface area (TPSA) is 99.7 Å². The van der Waals surface area contributed by atoms with Crippen molar-refractivity contribution in [3.63, 3.8) is 0 Å². The predicted octanol–water partition coefficient (Wildman–Crippen LogP) is 1.63. The molecule has 0 unspecified atom stereocenters. The van der Waals surface area contributed by atoms with E-state index in [0.717, 1.165) is 38.9 Å². The molecule has 0 aliphatic carbocycles. The van der Waals surface area contributed by atoms with Crippen LogP contribution in [0.4, 0.5) is 5.69 Å². The molecule has 0 spiro atoms. The quantitative estimate of drug-likeness (QED) is 0.416. The van der Waals surface area contributed by atoms with Crippen LogP contribution in [0.5, 0.6) is 5.75 Å². The maximum absolute atomic E-state index is 12.2. The predicted molar refractivity (Wildman–Crippen MR) is 108 cm³/mol. The van der Waals surface area contributed by atoms with Crippen LogP contribution in [0.1, 0.15) is 11.3 Å². The molecule has 0 saturated heterocycles. The van der Waals surface area contributed by atoms with Crippen molar-refractivity contribution >= 4 is 28.7 Å². The van der Waals surface area contributed by atoms with Gasteiger partial charge in [-0.15, -0.1) is 0 Å². The molecule has 0 aliphatic rings. The number of aromatic amines is 3. The summed E-state index contributed by atoms with van der Waals surface area (Å²) in [6.07, 6.45) is 4.52. The van der Waals surface area contributed by atoms with Crippen LogP contribution in [0, 0.1) is 0 Å². The van der Waals surface area contributed by atoms with Gasteiger partial charge in [0.25, 0.3) is 5.56 Å². The zero-order valence-corrected chi connectivity index (χ0v) is 14.9. The molecule has 2 heterocycles. The van der Waals surface area contributed by atoms with E-state index in [4.69, 9.17) is 10.5 Å². The summed E-state index contributed by atoms with van der Waals surface area (Å²) in [5, 5.41) is 7.98. The normalized spacial score (nSPS) is 12.8. The number of nitrogens with two attached hydrogens (primary N) is 1. The van der Waals surface area contributed by atoms with E-state index in [9.17, 15) is 4.79 Å². The lowest BCUT2D eigenvalue weighted by atomic mass is 10.1. The van der Waals surface area contributed by atoms with Crippen LogP contribution < -0.4 is 26.6 Å². The molecular weight excluding hydrogens is 340 g/mol. The lowest BCUT2D eigenvalue weighted by molar-refractivity contribution is 0.415. The molecule has 2 aromatic carbocycles. The van der Waals surface area contributed by atoms with Crippen molar-refractivity contribution in [3.8, 4) is 5.75 Å². The lowest BCUT2D eigenvalue weighted by Gasteiger charge is -1.97. The van der Waals surface area contributed by atoms with E-state index >= 15 is 0 Å². The molecule has 0 bridgehead atoms. The highest BCUT2D eigenvalue weighted by molar-refractivity contribution is 5.83. The molecule has 6 heteroatoms. The number of nitrogen functional groups attached to an aromatic ring is 1. The number of anilines is 1. The van der Waals surface area contributed by atoms with Crippen molar-refractivity contribution < 1.29 is 4.74 Å². The van der Waals surface area contributed by atoms with E-state index in [1.165, 1.54) is 0 Å². The maximum atomic E-state index is 12.2. The van der Waals surface area contributed by atoms with Crippen molar-refractivity contribution in [1.82, 2.24) is 15.2 Å². The molecule has 0 radical (unpaired) electrons. The van der Waals surface area contributed by atoms with Crippen LogP contribution in [0.3, 0.4) is 0 Å². The van der Waals surface area contributed by atoms with Crippen molar-refractivity contribution in [3.05, 3.63) is 80.7 Å². The average Bonchev–Trinajstić information content (AvgIpc) is 3.24. The van der Waals surface area contributed by atoms with Crippen molar-refractivity contribution in [1.29, 1.82) is 0 Å². The van der Waals surface area contributed by atoms with Crippen molar-refractivity contribution in [2.24, 2.45) is 0 Å². The van der Waals surface area contributed by atoms with Crippen LogP contribution in [0.25, 0.3) is 23.1 Å². The van der Waals surface area contributed by atoms with Crippen molar-refractivity contribution in [2.45, 2.75) is 6.42 Å². The summed E-state index contributed by atoms with van der Waals surface area (Å²) in [6, 6.07) is 15.5. The Morgan fingerprint density at radius 1 is 1.07 bits per heavy atom. The fraction of sp³-hybridized carbons (Fsp3) is 0.0952. The Morgan fingerprint density at radius 3 is 2.67 bits per heavy atom. The summed E-state index contributed by atoms with van der Waals surface area (Å²) in [7, 11) is 1.64. The average molecular weight is 360 g/mol. The number of nitrogens with one attached hydrogen (secondary N) is 3. The molecule has 0 amide bonds. The van der Waals surface area contributed by atoms with Gasteiger partial charge in [0, 0.05) is 22.3 Å². The van der Waals surface area contributed by atoms with Gasteiger partial charge in [-0.2, -0.15) is 0 Å². The van der Waals surface area contributed by atoms with E-state index in [1.807, 2.05) is 60.7 Å². The molecule has 0 saturated carbocycles. The zero-order valence-electron chi connectivity index (χ0n) is 14.9. The second kappa shape index (κ2) is 6.92. The minimum atomic E-state index is -0.158. The van der Waals surface area contributed by atoms with Crippen LogP contribution in [-0.2, 0) is 6.42 Å². The summed E-state index contributed by atoms with van der Waals surface area (Å²) in [5.74, 6) is 0.796. The number of rotatable bonds is 4. The number of benzene rings is 2. The smallest absolute Gasteiger partial charge is 0.271 e. The van der Waals surface area contributed by atoms with Gasteiger partial charge in [-0.25, -0.2) is 0 Å². The van der Waals surface area contributed by atoms with Crippen LogP contribution in [0.2, 0.25) is 0 Å². The maximum Gasteiger partial charge on any atom is 0.271 e. The highest BCUT2D eigenvalue weighted by atomic mass is 16.5. The number of H-pyrrole nitrogens is 3. The van der Waals surface area contributed by atoms with E-state index in [0.29, 0.717) is 11.6 Å². The second-order valence-corrected chi connectivity index (χ2v) is 6.38. The van der Waals surface area contributed by atoms with Gasteiger partial charge in [0.2, 0.25) is 0 Å². The first-order valence-electron chi connectivity index (χ1n) is 8.62. The number of ether oxygens (including phenoxy) is 1. The van der Waals surface area contributed by atoms with Gasteiger partial charge < -0.3 is 15.5 Å². The monoisotopic (exact) mass is 360 g/mol. The number of aromatic nitrogens is 3. The van der Waals surface area contributed by atoms with Gasteiger partial charge in [-0.1, -0.05) is 18.2 Å². The zero-order chi connectivity index (χ0) is 18.8. The molecule has 0 atom stereocenters. The minimum absolute atomic E-state index is 0.158. The minimum Gasteiger partial charge on any atom is -0.497 e. The van der Waals surface area contributed by atoms with Crippen LogP contribution in [0.15, 0.2) is 53.3 Å². The third kappa shape index (κ3) is 3.50. The van der Waals surface area contributed by atoms with Crippen LogP contribution >= 0.6 is 0 Å². The fourth-order valence-corrected chi connectivity index (χ4v) is 3.05. The van der Waals surface area contributed by atoms with E-state index in [2.05, 4.69) is 15.2 Å². The largest absolute Gasteiger partial charge is 0.497 e. The van der Waals surface area contributed by atoms with Gasteiger partial charge in [0.05, 0.1) is 17.7 Å². The Hall–Kier alpha value is -3.67. The first-order valence-corrected chi connectivity index (χ1v) is 8.62. The molecule has 6 nitrogen and oxygen atoms in total. The number of hydrogen-bond donors (Lipinski definition) is 4. The SMILES string of the molecule is COc1ccc2[nH]c(C=c3c(=O)[nH][nH]c3=CCc3ccc(N)cc3)cc2c1. The van der Waals surface area contributed by atoms with E-state index in [-0.39, 0.29) is 5.56 Å². The summed E-state index contributed by atoms with van der Waals surface area (Å²) < 4.78 is 5.26. The Labute approximate surface area is 155 Å². The summed E-state index contributed by atoms with van der Waals surface area (Å²) >= 11 is 0. The van der Waals surface area contributed by atoms with E-state index < -0.39 is 0 Å². The molecular formula is C21H20N4O2. The Morgan fingerprint density at radius 2 is 1.89 bits per heavy atom. The lowest BCUT2D eigenvalue weighted by Crippen LogP contribution is -2.33. The van der Waals surface area contributed by atoms with Gasteiger partial charge in [-0.3, -0.25) is 15.0 Å². The number of hydrogen-bond acceptors (Lipinski definition) is 3. The summed E-state index contributed by atoms with van der Waals surface area (Å²) in [6.45, 7) is 0. The molecule has 4 rings (SSSR count). The van der Waals surface area contributed by atoms with Gasteiger partial charge in [0.15, 0.2) is 0 Å². The van der Waals surface area contributed by atoms with Gasteiger partial charge >= 0.3 is 0 Å². The Balaban J connectivity index is 1.73. The number of methoxy groups -OCH3 is 1. The van der Waals surface area contributed by atoms with E-state index in [1.54, 1.807) is 7.11 Å². The molecule has 136 valence electrons. The van der Waals surface area contributed by atoms with Gasteiger partial charge in [0.1, 0.15) is 5.75 Å².